The van der Waals surface area contributed by atoms with Crippen LogP contribution >= 0.6 is 35.6 Å². The van der Waals surface area contributed by atoms with Gasteiger partial charge in [0.1, 0.15) is 5.76 Å². The van der Waals surface area contributed by atoms with Gasteiger partial charge in [0.15, 0.2) is 5.96 Å². The highest BCUT2D eigenvalue weighted by molar-refractivity contribution is 14.0. The van der Waals surface area contributed by atoms with Crippen LogP contribution in [0.2, 0.25) is 5.02 Å². The summed E-state index contributed by atoms with van der Waals surface area (Å²) < 4.78 is 5.19. The predicted octanol–water partition coefficient (Wildman–Crippen LogP) is 3.81. The first-order valence-corrected chi connectivity index (χ1v) is 7.97. The molecule has 0 amide bonds. The van der Waals surface area contributed by atoms with Crippen molar-refractivity contribution in [3.05, 3.63) is 51.9 Å². The van der Waals surface area contributed by atoms with E-state index in [1.165, 1.54) is 0 Å². The minimum atomic E-state index is 0. The molecule has 0 aliphatic rings. The number of rotatable bonds is 5. The summed E-state index contributed by atoms with van der Waals surface area (Å²) in [5.41, 5.74) is 3.18. The van der Waals surface area contributed by atoms with Gasteiger partial charge in [-0.25, -0.2) is 0 Å². The molecule has 7 heteroatoms. The Morgan fingerprint density at radius 3 is 2.62 bits per heavy atom. The van der Waals surface area contributed by atoms with Crippen molar-refractivity contribution < 1.29 is 4.52 Å². The number of aromatic nitrogens is 1. The minimum Gasteiger partial charge on any atom is -0.361 e. The number of halogens is 2. The van der Waals surface area contributed by atoms with Crippen LogP contribution in [0.25, 0.3) is 0 Å². The van der Waals surface area contributed by atoms with Crippen molar-refractivity contribution in [3.8, 4) is 0 Å². The van der Waals surface area contributed by atoms with Crippen LogP contribution in [0.4, 0.5) is 0 Å². The van der Waals surface area contributed by atoms with Crippen LogP contribution in [-0.4, -0.2) is 36.7 Å². The number of hydrogen-bond donors (Lipinski definition) is 1. The van der Waals surface area contributed by atoms with Crippen LogP contribution in [0.5, 0.6) is 0 Å². The van der Waals surface area contributed by atoms with E-state index in [1.807, 2.05) is 45.2 Å². The molecule has 2 rings (SSSR count). The number of guanidine groups is 1. The predicted molar refractivity (Wildman–Crippen MR) is 109 cm³/mol. The van der Waals surface area contributed by atoms with E-state index in [0.29, 0.717) is 6.54 Å². The molecule has 0 unspecified atom stereocenters. The lowest BCUT2D eigenvalue weighted by atomic mass is 10.1. The zero-order chi connectivity index (χ0) is 16.8. The molecule has 0 bridgehead atoms. The van der Waals surface area contributed by atoms with Gasteiger partial charge in [-0.2, -0.15) is 0 Å². The first-order valence-electron chi connectivity index (χ1n) is 7.60. The van der Waals surface area contributed by atoms with Crippen molar-refractivity contribution in [2.24, 2.45) is 4.99 Å². The second-order valence-corrected chi connectivity index (χ2v) is 5.88. The Bertz CT molecular complexity index is 667. The topological polar surface area (TPSA) is 53.7 Å². The second-order valence-electron chi connectivity index (χ2n) is 5.47. The zero-order valence-corrected chi connectivity index (χ0v) is 17.6. The van der Waals surface area contributed by atoms with Gasteiger partial charge >= 0.3 is 0 Å². The smallest absolute Gasteiger partial charge is 0.193 e. The first-order chi connectivity index (χ1) is 11.0. The van der Waals surface area contributed by atoms with Gasteiger partial charge in [0, 0.05) is 37.8 Å². The van der Waals surface area contributed by atoms with Gasteiger partial charge < -0.3 is 14.7 Å². The van der Waals surface area contributed by atoms with Gasteiger partial charge in [-0.05, 0) is 31.9 Å². The summed E-state index contributed by atoms with van der Waals surface area (Å²) in [4.78, 5) is 6.38. The third kappa shape index (κ3) is 5.37. The van der Waals surface area contributed by atoms with E-state index in [4.69, 9.17) is 16.1 Å². The van der Waals surface area contributed by atoms with Crippen molar-refractivity contribution in [1.29, 1.82) is 0 Å². The summed E-state index contributed by atoms with van der Waals surface area (Å²) in [5.74, 6) is 1.71. The molecule has 5 nitrogen and oxygen atoms in total. The summed E-state index contributed by atoms with van der Waals surface area (Å²) in [6.07, 6.45) is 0.847. The van der Waals surface area contributed by atoms with Crippen LogP contribution in [-0.2, 0) is 13.0 Å². The third-order valence-corrected chi connectivity index (χ3v) is 4.15. The summed E-state index contributed by atoms with van der Waals surface area (Å²) in [6, 6.07) is 7.85. The van der Waals surface area contributed by atoms with E-state index >= 15 is 0 Å². The number of nitrogens with one attached hydrogen (secondary N) is 1. The summed E-state index contributed by atoms with van der Waals surface area (Å²) in [7, 11) is 3.77. The normalized spacial score (nSPS) is 11.1. The molecular weight excluding hydrogens is 439 g/mol. The Morgan fingerprint density at radius 1 is 1.33 bits per heavy atom. The molecule has 1 heterocycles. The van der Waals surface area contributed by atoms with Gasteiger partial charge in [-0.15, -0.1) is 24.0 Å². The van der Waals surface area contributed by atoms with Crippen LogP contribution in [0.15, 0.2) is 33.8 Å². The maximum atomic E-state index is 6.22. The fourth-order valence-electron chi connectivity index (χ4n) is 2.50. The molecule has 2 aromatic rings. The van der Waals surface area contributed by atoms with Crippen molar-refractivity contribution in [2.45, 2.75) is 26.8 Å². The SMILES string of the molecule is CN=C(NCCc1c(C)noc1C)N(C)Cc1ccccc1Cl.I. The molecule has 0 saturated heterocycles. The highest BCUT2D eigenvalue weighted by Gasteiger charge is 2.11. The molecule has 1 aromatic carbocycles. The first kappa shape index (κ1) is 20.8. The average molecular weight is 463 g/mol. The summed E-state index contributed by atoms with van der Waals surface area (Å²) >= 11 is 6.22. The molecule has 1 N–H and O–H groups in total. The van der Waals surface area contributed by atoms with E-state index in [1.54, 1.807) is 7.05 Å². The lowest BCUT2D eigenvalue weighted by molar-refractivity contribution is 0.392. The van der Waals surface area contributed by atoms with E-state index in [2.05, 4.69) is 20.4 Å². The number of hydrogen-bond acceptors (Lipinski definition) is 3. The van der Waals surface area contributed by atoms with Gasteiger partial charge in [0.05, 0.1) is 5.69 Å². The van der Waals surface area contributed by atoms with Crippen molar-refractivity contribution in [3.63, 3.8) is 0 Å². The lowest BCUT2D eigenvalue weighted by Gasteiger charge is -2.22. The molecular formula is C17H24ClIN4O. The Morgan fingerprint density at radius 2 is 2.04 bits per heavy atom. The van der Waals surface area contributed by atoms with E-state index in [-0.39, 0.29) is 24.0 Å². The standard InChI is InChI=1S/C17H23ClN4O.HI/c1-12-15(13(2)23-21-12)9-10-20-17(19-3)22(4)11-14-7-5-6-8-16(14)18;/h5-8H,9-11H2,1-4H3,(H,19,20);1H. The largest absolute Gasteiger partial charge is 0.361 e. The Labute approximate surface area is 165 Å². The van der Waals surface area contributed by atoms with Gasteiger partial charge in [0.25, 0.3) is 0 Å². The molecule has 24 heavy (non-hydrogen) atoms. The van der Waals surface area contributed by atoms with E-state index < -0.39 is 0 Å². The molecule has 0 aliphatic heterocycles. The molecule has 0 fully saturated rings. The third-order valence-electron chi connectivity index (χ3n) is 3.78. The van der Waals surface area contributed by atoms with Crippen LogP contribution in [0, 0.1) is 13.8 Å². The maximum Gasteiger partial charge on any atom is 0.193 e. The molecule has 1 aromatic heterocycles. The van der Waals surface area contributed by atoms with Crippen LogP contribution in [0.1, 0.15) is 22.6 Å². The molecule has 132 valence electrons. The van der Waals surface area contributed by atoms with Gasteiger partial charge in [0.2, 0.25) is 0 Å². The fraction of sp³-hybridized carbons (Fsp3) is 0.412. The monoisotopic (exact) mass is 462 g/mol. The summed E-state index contributed by atoms with van der Waals surface area (Å²) in [6.45, 7) is 5.37. The Hall–Kier alpha value is -1.28. The molecule has 0 radical (unpaired) electrons. The fourth-order valence-corrected chi connectivity index (χ4v) is 2.70. The quantitative estimate of drug-likeness (QED) is 0.417. The molecule has 0 aliphatic carbocycles. The number of nitrogens with zero attached hydrogens (tertiary/aromatic N) is 3. The lowest BCUT2D eigenvalue weighted by Crippen LogP contribution is -2.39. The number of aryl methyl sites for hydroxylation is 2. The number of aliphatic imine (C=N–C) groups is 1. The highest BCUT2D eigenvalue weighted by atomic mass is 127. The zero-order valence-electron chi connectivity index (χ0n) is 14.5. The molecule has 0 saturated carbocycles. The maximum absolute atomic E-state index is 6.22. The number of benzene rings is 1. The highest BCUT2D eigenvalue weighted by Crippen LogP contribution is 2.16. The van der Waals surface area contributed by atoms with Gasteiger partial charge in [-0.3, -0.25) is 4.99 Å². The second kappa shape index (κ2) is 9.88. The van der Waals surface area contributed by atoms with E-state index in [9.17, 15) is 0 Å². The van der Waals surface area contributed by atoms with Crippen LogP contribution in [0.3, 0.4) is 0 Å². The Kier molecular flexibility index (Phi) is 8.55. The summed E-state index contributed by atoms with van der Waals surface area (Å²) in [5, 5.41) is 8.11. The van der Waals surface area contributed by atoms with Crippen molar-refractivity contribution in [2.75, 3.05) is 20.6 Å². The molecule has 0 spiro atoms. The molecule has 0 atom stereocenters. The van der Waals surface area contributed by atoms with Crippen molar-refractivity contribution in [1.82, 2.24) is 15.4 Å². The Balaban J connectivity index is 0.00000288. The van der Waals surface area contributed by atoms with Gasteiger partial charge in [-0.1, -0.05) is 35.0 Å². The van der Waals surface area contributed by atoms with E-state index in [0.717, 1.165) is 46.5 Å². The van der Waals surface area contributed by atoms with Crippen LogP contribution < -0.4 is 5.32 Å². The van der Waals surface area contributed by atoms with Crippen molar-refractivity contribution >= 4 is 41.5 Å². The minimum absolute atomic E-state index is 0. The average Bonchev–Trinajstić information content (AvgIpc) is 2.85.